The molecular formula is C22H22N4O4. The van der Waals surface area contributed by atoms with E-state index in [2.05, 4.69) is 5.32 Å². The van der Waals surface area contributed by atoms with E-state index in [1.54, 1.807) is 30.0 Å². The molecule has 0 saturated carbocycles. The number of nitrogens with one attached hydrogen (secondary N) is 1. The van der Waals surface area contributed by atoms with Crippen LogP contribution in [0.3, 0.4) is 0 Å². The third-order valence-corrected chi connectivity index (χ3v) is 5.16. The van der Waals surface area contributed by atoms with Gasteiger partial charge >= 0.3 is 5.69 Å². The Morgan fingerprint density at radius 3 is 2.50 bits per heavy atom. The van der Waals surface area contributed by atoms with Crippen LogP contribution < -0.4 is 16.6 Å². The lowest BCUT2D eigenvalue weighted by molar-refractivity contribution is 0.0945. The van der Waals surface area contributed by atoms with Crippen molar-refractivity contribution in [1.82, 2.24) is 19.0 Å². The molecule has 0 aliphatic heterocycles. The van der Waals surface area contributed by atoms with Crippen molar-refractivity contribution < 1.29 is 9.21 Å². The van der Waals surface area contributed by atoms with Crippen LogP contribution in [0.1, 0.15) is 21.8 Å². The second-order valence-corrected chi connectivity index (χ2v) is 7.13. The van der Waals surface area contributed by atoms with Crippen molar-refractivity contribution in [3.05, 3.63) is 92.6 Å². The largest absolute Gasteiger partial charge is 0.467 e. The Balaban J connectivity index is 1.73. The first-order chi connectivity index (χ1) is 14.5. The summed E-state index contributed by atoms with van der Waals surface area (Å²) in [5.41, 5.74) is 0.901. The normalized spacial score (nSPS) is 11.1. The van der Waals surface area contributed by atoms with Gasteiger partial charge in [-0.25, -0.2) is 4.79 Å². The van der Waals surface area contributed by atoms with Gasteiger partial charge in [0.05, 0.1) is 18.2 Å². The van der Waals surface area contributed by atoms with Crippen LogP contribution in [-0.2, 0) is 27.1 Å². The number of hydrogen-bond acceptors (Lipinski definition) is 4. The van der Waals surface area contributed by atoms with Crippen LogP contribution in [0.2, 0.25) is 0 Å². The Kier molecular flexibility index (Phi) is 5.14. The van der Waals surface area contributed by atoms with Gasteiger partial charge in [-0.2, -0.15) is 0 Å². The van der Waals surface area contributed by atoms with Gasteiger partial charge in [-0.3, -0.25) is 18.7 Å². The van der Waals surface area contributed by atoms with Crippen LogP contribution in [0.4, 0.5) is 0 Å². The van der Waals surface area contributed by atoms with E-state index in [1.807, 2.05) is 30.3 Å². The minimum absolute atomic E-state index is 0.221. The fourth-order valence-electron chi connectivity index (χ4n) is 3.60. The number of amides is 1. The molecule has 0 atom stereocenters. The fourth-order valence-corrected chi connectivity index (χ4v) is 3.60. The molecule has 1 N–H and O–H groups in total. The van der Waals surface area contributed by atoms with Crippen molar-refractivity contribution in [1.29, 1.82) is 0 Å². The standard InChI is InChI=1S/C22H22N4O4/c1-24-20-17(21(28)25(2)22(24)29)13-18(26(20)14-16-9-6-12-30-16)19(27)23-11-10-15-7-4-3-5-8-15/h3-9,12-13H,10-11,14H2,1-2H3,(H,23,27). The molecule has 3 heterocycles. The number of rotatable bonds is 6. The molecule has 1 aromatic carbocycles. The molecule has 3 aromatic heterocycles. The van der Waals surface area contributed by atoms with E-state index in [0.29, 0.717) is 35.5 Å². The number of aryl methyl sites for hydroxylation is 1. The van der Waals surface area contributed by atoms with Crippen molar-refractivity contribution in [3.63, 3.8) is 0 Å². The molecule has 154 valence electrons. The summed E-state index contributed by atoms with van der Waals surface area (Å²) in [4.78, 5) is 38.1. The molecule has 4 rings (SSSR count). The average Bonchev–Trinajstić information content (AvgIpc) is 3.40. The molecular weight excluding hydrogens is 384 g/mol. The van der Waals surface area contributed by atoms with E-state index in [-0.39, 0.29) is 12.5 Å². The highest BCUT2D eigenvalue weighted by molar-refractivity contribution is 5.98. The van der Waals surface area contributed by atoms with E-state index >= 15 is 0 Å². The van der Waals surface area contributed by atoms with Gasteiger partial charge in [0.2, 0.25) is 0 Å². The molecule has 8 heteroatoms. The molecule has 1 amide bonds. The van der Waals surface area contributed by atoms with Crippen molar-refractivity contribution in [3.8, 4) is 0 Å². The van der Waals surface area contributed by atoms with Crippen LogP contribution in [0.5, 0.6) is 0 Å². The maximum atomic E-state index is 13.0. The summed E-state index contributed by atoms with van der Waals surface area (Å²) in [6.45, 7) is 0.667. The fraction of sp³-hybridized carbons (Fsp3) is 0.227. The average molecular weight is 406 g/mol. The lowest BCUT2D eigenvalue weighted by Gasteiger charge is -2.12. The maximum Gasteiger partial charge on any atom is 0.332 e. The van der Waals surface area contributed by atoms with Gasteiger partial charge in [-0.1, -0.05) is 30.3 Å². The van der Waals surface area contributed by atoms with Crippen molar-refractivity contribution in [2.24, 2.45) is 14.1 Å². The van der Waals surface area contributed by atoms with E-state index < -0.39 is 11.2 Å². The number of fused-ring (bicyclic) bond motifs is 1. The Morgan fingerprint density at radius 2 is 1.80 bits per heavy atom. The number of aromatic nitrogens is 3. The van der Waals surface area contributed by atoms with Gasteiger partial charge in [0.25, 0.3) is 11.5 Å². The van der Waals surface area contributed by atoms with Gasteiger partial charge in [-0.15, -0.1) is 0 Å². The molecule has 0 unspecified atom stereocenters. The first-order valence-corrected chi connectivity index (χ1v) is 9.61. The summed E-state index contributed by atoms with van der Waals surface area (Å²) < 4.78 is 9.49. The summed E-state index contributed by atoms with van der Waals surface area (Å²) in [7, 11) is 3.01. The van der Waals surface area contributed by atoms with Crippen molar-refractivity contribution >= 4 is 16.9 Å². The Morgan fingerprint density at radius 1 is 1.03 bits per heavy atom. The van der Waals surface area contributed by atoms with Gasteiger partial charge < -0.3 is 14.3 Å². The topological polar surface area (TPSA) is 91.2 Å². The molecule has 30 heavy (non-hydrogen) atoms. The first-order valence-electron chi connectivity index (χ1n) is 9.61. The van der Waals surface area contributed by atoms with E-state index in [9.17, 15) is 14.4 Å². The summed E-state index contributed by atoms with van der Waals surface area (Å²) in [6, 6.07) is 14.9. The first kappa shape index (κ1) is 19.5. The molecule has 8 nitrogen and oxygen atoms in total. The predicted molar refractivity (Wildman–Crippen MR) is 113 cm³/mol. The highest BCUT2D eigenvalue weighted by atomic mass is 16.3. The van der Waals surface area contributed by atoms with E-state index in [4.69, 9.17) is 4.42 Å². The summed E-state index contributed by atoms with van der Waals surface area (Å²) in [6.07, 6.45) is 2.23. The summed E-state index contributed by atoms with van der Waals surface area (Å²) >= 11 is 0. The van der Waals surface area contributed by atoms with E-state index in [0.717, 1.165) is 10.1 Å². The molecule has 0 aliphatic rings. The maximum absolute atomic E-state index is 13.0. The number of carbonyl (C=O) groups is 1. The molecule has 0 bridgehead atoms. The van der Waals surface area contributed by atoms with Crippen LogP contribution in [-0.4, -0.2) is 26.2 Å². The minimum atomic E-state index is -0.456. The molecule has 0 spiro atoms. The third kappa shape index (κ3) is 3.47. The van der Waals surface area contributed by atoms with Gasteiger partial charge in [0.15, 0.2) is 0 Å². The van der Waals surface area contributed by atoms with Crippen LogP contribution >= 0.6 is 0 Å². The zero-order valence-electron chi connectivity index (χ0n) is 16.8. The highest BCUT2D eigenvalue weighted by Gasteiger charge is 2.21. The molecule has 0 saturated heterocycles. The van der Waals surface area contributed by atoms with Gasteiger partial charge in [-0.05, 0) is 30.2 Å². The predicted octanol–water partition coefficient (Wildman–Crippen LogP) is 1.65. The number of furan rings is 1. The number of benzene rings is 1. The highest BCUT2D eigenvalue weighted by Crippen LogP contribution is 2.18. The summed E-state index contributed by atoms with van der Waals surface area (Å²) in [5.74, 6) is 0.294. The van der Waals surface area contributed by atoms with Crippen LogP contribution in [0, 0.1) is 0 Å². The monoisotopic (exact) mass is 406 g/mol. The SMILES string of the molecule is Cn1c(=O)c2cc(C(=O)NCCc3ccccc3)n(Cc3ccco3)c2n(C)c1=O. The summed E-state index contributed by atoms with van der Waals surface area (Å²) in [5, 5.41) is 3.21. The second-order valence-electron chi connectivity index (χ2n) is 7.13. The molecule has 0 fully saturated rings. The lowest BCUT2D eigenvalue weighted by atomic mass is 10.1. The molecule has 0 aliphatic carbocycles. The van der Waals surface area contributed by atoms with Gasteiger partial charge in [0, 0.05) is 20.6 Å². The number of nitrogens with zero attached hydrogens (tertiary/aromatic N) is 3. The number of hydrogen-bond donors (Lipinski definition) is 1. The Labute approximate surface area is 172 Å². The lowest BCUT2D eigenvalue weighted by Crippen LogP contribution is -2.37. The number of carbonyl (C=O) groups excluding carboxylic acids is 1. The molecule has 4 aromatic rings. The second kappa shape index (κ2) is 7.90. The van der Waals surface area contributed by atoms with E-state index in [1.165, 1.54) is 17.7 Å². The van der Waals surface area contributed by atoms with Crippen molar-refractivity contribution in [2.75, 3.05) is 6.54 Å². The Bertz CT molecular complexity index is 1310. The zero-order valence-corrected chi connectivity index (χ0v) is 16.8. The Hall–Kier alpha value is -3.81. The molecule has 0 radical (unpaired) electrons. The van der Waals surface area contributed by atoms with Gasteiger partial charge in [0.1, 0.15) is 17.1 Å². The zero-order chi connectivity index (χ0) is 21.3. The minimum Gasteiger partial charge on any atom is -0.467 e. The quantitative estimate of drug-likeness (QED) is 0.527. The van der Waals surface area contributed by atoms with Crippen LogP contribution in [0.15, 0.2) is 68.8 Å². The van der Waals surface area contributed by atoms with Crippen LogP contribution in [0.25, 0.3) is 11.0 Å². The van der Waals surface area contributed by atoms with Crippen molar-refractivity contribution in [2.45, 2.75) is 13.0 Å². The third-order valence-electron chi connectivity index (χ3n) is 5.16. The smallest absolute Gasteiger partial charge is 0.332 e.